The highest BCUT2D eigenvalue weighted by Gasteiger charge is 2.01. The lowest BCUT2D eigenvalue weighted by Crippen LogP contribution is -1.66. The molecule has 0 heterocycles. The van der Waals surface area contributed by atoms with Crippen molar-refractivity contribution in [1.82, 2.24) is 0 Å². The Labute approximate surface area is 115 Å². The smallest absolute Gasteiger partial charge is 0.317 e. The third kappa shape index (κ3) is 8690. The topological polar surface area (TPSA) is 291 Å². The molecule has 15 nitrogen and oxygen atoms in total. The third-order valence-corrected chi connectivity index (χ3v) is 0. The first-order valence-electron chi connectivity index (χ1n) is 3.13. The predicted octanol–water partition coefficient (Wildman–Crippen LogP) is -2.78. The Morgan fingerprint density at radius 3 is 0.450 bits per heavy atom. The van der Waals surface area contributed by atoms with E-state index in [9.17, 15) is 4.57 Å². The highest BCUT2D eigenvalue weighted by Crippen LogP contribution is 2.39. The molecule has 0 aromatic carbocycles. The van der Waals surface area contributed by atoms with Crippen LogP contribution in [-0.2, 0) is 18.3 Å². The van der Waals surface area contributed by atoms with Gasteiger partial charge in [0.25, 0.3) is 0 Å². The Morgan fingerprint density at radius 1 is 0.450 bits per heavy atom. The third-order valence-electron chi connectivity index (χ3n) is 0. The van der Waals surface area contributed by atoms with Crippen LogP contribution in [0.25, 0.3) is 0 Å². The van der Waals surface area contributed by atoms with Gasteiger partial charge in [0.15, 0.2) is 0 Å². The van der Waals surface area contributed by atoms with Gasteiger partial charge in [-0.1, -0.05) is 12.2 Å². The number of phosphoric acid groups is 3. The normalized spacial score (nSPS) is 11.8. The Morgan fingerprint density at radius 2 is 0.450 bits per heavy atom. The average molecular weight is 408 g/mol. The molecule has 128 valence electrons. The first-order valence-corrected chi connectivity index (χ1v) is 10.6. The summed E-state index contributed by atoms with van der Waals surface area (Å²) in [5, 5.41) is 0. The van der Waals surface area contributed by atoms with Gasteiger partial charge < -0.3 is 53.8 Å². The van der Waals surface area contributed by atoms with Crippen molar-refractivity contribution in [3.8, 4) is 0 Å². The second-order valence-electron chi connectivity index (χ2n) is 2.05. The van der Waals surface area contributed by atoms with Gasteiger partial charge in [0, 0.05) is 0 Å². The van der Waals surface area contributed by atoms with Gasteiger partial charge in [0.2, 0.25) is 0 Å². The lowest BCUT2D eigenvalue weighted by molar-refractivity contribution is 0.272. The molecule has 0 amide bonds. The molecule has 0 rings (SSSR count). The van der Waals surface area contributed by atoms with Crippen LogP contribution in [0.15, 0.2) is 0 Å². The molecule has 0 fully saturated rings. The lowest BCUT2D eigenvalue weighted by Gasteiger charge is -1.83. The zero-order valence-electron chi connectivity index (χ0n) is 8.79. The quantitative estimate of drug-likeness (QED) is 0.143. The van der Waals surface area contributed by atoms with Crippen LogP contribution >= 0.6 is 42.5 Å². The van der Waals surface area contributed by atoms with E-state index in [4.69, 9.17) is 67.5 Å². The van der Waals surface area contributed by atoms with Gasteiger partial charge in [-0.15, -0.1) is 0 Å². The molecule has 0 atom stereocenters. The Balaban J connectivity index is -0.0000000853. The summed E-state index contributed by atoms with van der Waals surface area (Å²) in [6.07, 6.45) is 0. The molecule has 11 N–H and O–H groups in total. The summed E-state index contributed by atoms with van der Waals surface area (Å²) in [7, 11) is -13.9. The summed E-state index contributed by atoms with van der Waals surface area (Å²) in [6.45, 7) is -3.94. The standard InChI is InChI=1S/3H3O4P.H3O3PS/c3*1-5(2,3)4;1-4(2,3)5/h3*(H3,1,2,3,4);(H3,1,2,3,5). The van der Waals surface area contributed by atoms with Crippen LogP contribution in [0, 0.1) is 0 Å². The van der Waals surface area contributed by atoms with E-state index in [0.29, 0.717) is 0 Å². The zero-order chi connectivity index (χ0) is 18.0. The molecule has 0 aliphatic heterocycles. The molecule has 0 aliphatic carbocycles. The van der Waals surface area contributed by atoms with E-state index in [1.807, 2.05) is 0 Å². The largest absolute Gasteiger partial charge is 0.466 e. The van der Waals surface area contributed by atoms with E-state index in [-0.39, 0.29) is 0 Å². The van der Waals surface area contributed by atoms with Gasteiger partial charge in [-0.25, -0.2) is 18.3 Å². The number of hydrogen-bond donors (Lipinski definition) is 12. The van der Waals surface area contributed by atoms with Crippen LogP contribution in [0.5, 0.6) is 0 Å². The van der Waals surface area contributed by atoms with Crippen molar-refractivity contribution in [2.24, 2.45) is 0 Å². The van der Waals surface area contributed by atoms with Gasteiger partial charge in [-0.05, 0) is 0 Å². The summed E-state index contributed by atoms with van der Waals surface area (Å²) in [5.41, 5.74) is 0. The van der Waals surface area contributed by atoms with Crippen LogP contribution < -0.4 is 0 Å². The van der Waals surface area contributed by atoms with Crippen molar-refractivity contribution in [3.63, 3.8) is 0 Å². The van der Waals surface area contributed by atoms with Gasteiger partial charge in [-0.2, -0.15) is 0 Å². The predicted molar refractivity (Wildman–Crippen MR) is 63.8 cm³/mol. The molecule has 20 heteroatoms. The molecular formula is H12O15P4S. The van der Waals surface area contributed by atoms with Crippen LogP contribution in [0.2, 0.25) is 0 Å². The molecular weight excluding hydrogens is 396 g/mol. The van der Waals surface area contributed by atoms with Gasteiger partial charge >= 0.3 is 30.3 Å². The second-order valence-corrected chi connectivity index (χ2v) is 7.72. The van der Waals surface area contributed by atoms with E-state index >= 15 is 0 Å². The lowest BCUT2D eigenvalue weighted by atomic mass is 15.8. The second kappa shape index (κ2) is 11.4. The first kappa shape index (κ1) is 28.9. The molecule has 0 spiro atoms. The van der Waals surface area contributed by atoms with Crippen molar-refractivity contribution < 1.29 is 72.1 Å². The molecule has 0 saturated carbocycles. The van der Waals surface area contributed by atoms with Crippen molar-refractivity contribution >= 4 is 42.5 Å². The van der Waals surface area contributed by atoms with Crippen LogP contribution in [0.3, 0.4) is 0 Å². The fourth-order valence-electron chi connectivity index (χ4n) is 0. The minimum atomic E-state index is -4.64. The van der Waals surface area contributed by atoms with E-state index in [2.05, 4.69) is 12.2 Å². The maximum absolute atomic E-state index is 9.19. The van der Waals surface area contributed by atoms with E-state index in [0.717, 1.165) is 0 Å². The summed E-state index contributed by atoms with van der Waals surface area (Å²) in [5.74, 6) is 0. The van der Waals surface area contributed by atoms with Crippen LogP contribution in [-0.4, -0.2) is 53.8 Å². The molecule has 0 radical (unpaired) electrons. The molecule has 0 unspecified atom stereocenters. The molecule has 0 bridgehead atoms. The number of rotatable bonds is 0. The molecule has 0 aromatic heterocycles. The van der Waals surface area contributed by atoms with E-state index < -0.39 is 30.3 Å². The first-order chi connectivity index (χ1) is 8.00. The minimum absolute atomic E-state index is 2.79. The average Bonchev–Trinajstić information content (AvgIpc) is 1.62. The summed E-state index contributed by atoms with van der Waals surface area (Å²) >= 11 is 2.79. The minimum Gasteiger partial charge on any atom is -0.317 e. The summed E-state index contributed by atoms with van der Waals surface area (Å²) < 4.78 is 35.8. The zero-order valence-corrected chi connectivity index (χ0v) is 13.3. The Kier molecular flexibility index (Phi) is 16.5. The van der Waals surface area contributed by atoms with Crippen molar-refractivity contribution in [3.05, 3.63) is 0 Å². The number of hydrogen-bond acceptors (Lipinski definition) is 4. The maximum atomic E-state index is 9.19. The molecule has 0 saturated heterocycles. The van der Waals surface area contributed by atoms with Crippen LogP contribution in [0.4, 0.5) is 0 Å². The number of thiol groups is 1. The molecule has 0 aromatic rings. The molecule has 0 aliphatic rings. The SMILES string of the molecule is O=P(O)(O)O.O=P(O)(O)O.O=P(O)(O)O.O=P(O)(O)S. The summed E-state index contributed by atoms with van der Waals surface area (Å²) in [4.78, 5) is 79.7. The highest BCUT2D eigenvalue weighted by atomic mass is 32.7. The maximum Gasteiger partial charge on any atom is 0.466 e. The fraction of sp³-hybridized carbons (Fsp3) is 0. The molecule has 20 heavy (non-hydrogen) atoms. The Bertz CT molecular complexity index is 285. The Hall–Kier alpha value is 0.830. The fourth-order valence-corrected chi connectivity index (χ4v) is 0. The van der Waals surface area contributed by atoms with Crippen molar-refractivity contribution in [2.75, 3.05) is 0 Å². The van der Waals surface area contributed by atoms with Gasteiger partial charge in [0.05, 0.1) is 0 Å². The van der Waals surface area contributed by atoms with Crippen molar-refractivity contribution in [1.29, 1.82) is 0 Å². The van der Waals surface area contributed by atoms with Crippen molar-refractivity contribution in [2.45, 2.75) is 0 Å². The summed E-state index contributed by atoms with van der Waals surface area (Å²) in [6, 6.07) is 0. The van der Waals surface area contributed by atoms with Gasteiger partial charge in [0.1, 0.15) is 0 Å². The van der Waals surface area contributed by atoms with Gasteiger partial charge in [-0.3, -0.25) is 0 Å². The monoisotopic (exact) mass is 408 g/mol. The van der Waals surface area contributed by atoms with Crippen LogP contribution in [0.1, 0.15) is 0 Å². The van der Waals surface area contributed by atoms with E-state index in [1.165, 1.54) is 0 Å². The van der Waals surface area contributed by atoms with E-state index in [1.54, 1.807) is 0 Å². The highest BCUT2D eigenvalue weighted by molar-refractivity contribution is 8.43.